The second-order valence-corrected chi connectivity index (χ2v) is 6.03. The van der Waals surface area contributed by atoms with Gasteiger partial charge in [0.1, 0.15) is 0 Å². The fourth-order valence-corrected chi connectivity index (χ4v) is 3.90. The minimum Gasteiger partial charge on any atom is -0.395 e. The van der Waals surface area contributed by atoms with Crippen LogP contribution in [0.3, 0.4) is 0 Å². The summed E-state index contributed by atoms with van der Waals surface area (Å²) < 4.78 is 0. The van der Waals surface area contributed by atoms with Crippen LogP contribution >= 0.6 is 0 Å². The van der Waals surface area contributed by atoms with Crippen LogP contribution in [0.4, 0.5) is 0 Å². The largest absolute Gasteiger partial charge is 0.395 e. The van der Waals surface area contributed by atoms with Gasteiger partial charge in [0.25, 0.3) is 0 Å². The van der Waals surface area contributed by atoms with Crippen molar-refractivity contribution in [3.8, 4) is 0 Å². The maximum Gasteiger partial charge on any atom is 0.226 e. The summed E-state index contributed by atoms with van der Waals surface area (Å²) in [5.74, 6) is 2.25. The molecule has 4 heteroatoms. The van der Waals surface area contributed by atoms with Crippen LogP contribution in [0.5, 0.6) is 0 Å². The second kappa shape index (κ2) is 5.17. The molecule has 0 aromatic heterocycles. The summed E-state index contributed by atoms with van der Waals surface area (Å²) in [6.07, 6.45) is 5.22. The van der Waals surface area contributed by atoms with Crippen LogP contribution in [0.25, 0.3) is 0 Å². The Morgan fingerprint density at radius 1 is 1.06 bits per heavy atom. The normalized spacial score (nSPS) is 36.3. The van der Waals surface area contributed by atoms with Crippen molar-refractivity contribution in [2.24, 2.45) is 17.8 Å². The molecule has 2 atom stereocenters. The van der Waals surface area contributed by atoms with Gasteiger partial charge in [0.2, 0.25) is 5.91 Å². The average molecular weight is 252 g/mol. The molecule has 2 aliphatic carbocycles. The van der Waals surface area contributed by atoms with E-state index in [-0.39, 0.29) is 6.61 Å². The fourth-order valence-electron chi connectivity index (χ4n) is 3.90. The third-order valence-electron chi connectivity index (χ3n) is 5.04. The molecule has 1 N–H and O–H groups in total. The summed E-state index contributed by atoms with van der Waals surface area (Å²) >= 11 is 0. The Hall–Kier alpha value is -0.610. The number of carbonyl (C=O) groups is 1. The first-order chi connectivity index (χ1) is 8.81. The smallest absolute Gasteiger partial charge is 0.226 e. The monoisotopic (exact) mass is 252 g/mol. The van der Waals surface area contributed by atoms with E-state index in [4.69, 9.17) is 5.11 Å². The number of hydrogen-bond acceptors (Lipinski definition) is 3. The fraction of sp³-hybridized carbons (Fsp3) is 0.929. The lowest BCUT2D eigenvalue weighted by molar-refractivity contribution is -0.135. The molecule has 0 aromatic rings. The van der Waals surface area contributed by atoms with Gasteiger partial charge in [0.15, 0.2) is 0 Å². The Kier molecular flexibility index (Phi) is 3.57. The summed E-state index contributed by atoms with van der Waals surface area (Å²) in [6.45, 7) is 4.53. The third-order valence-corrected chi connectivity index (χ3v) is 5.04. The van der Waals surface area contributed by atoms with E-state index in [1.165, 1.54) is 25.7 Å². The SMILES string of the molecule is O=C(C1C2CCCCC21)N1CCN(CCO)CC1. The van der Waals surface area contributed by atoms with Crippen molar-refractivity contribution < 1.29 is 9.90 Å². The van der Waals surface area contributed by atoms with Crippen LogP contribution in [0.15, 0.2) is 0 Å². The number of piperazine rings is 1. The van der Waals surface area contributed by atoms with Crippen molar-refractivity contribution in [3.05, 3.63) is 0 Å². The van der Waals surface area contributed by atoms with Crippen LogP contribution in [-0.4, -0.2) is 60.1 Å². The number of fused-ring (bicyclic) bond motifs is 1. The quantitative estimate of drug-likeness (QED) is 0.798. The molecular weight excluding hydrogens is 228 g/mol. The second-order valence-electron chi connectivity index (χ2n) is 6.03. The molecule has 1 amide bonds. The number of β-amino-alcohol motifs (C(OH)–C–C–N with tert-alkyl or cyclic N) is 1. The minimum absolute atomic E-state index is 0.223. The molecular formula is C14H24N2O2. The predicted molar refractivity (Wildman–Crippen MR) is 69.0 cm³/mol. The molecule has 3 aliphatic rings. The Balaban J connectivity index is 1.49. The van der Waals surface area contributed by atoms with Crippen LogP contribution in [0, 0.1) is 17.8 Å². The third kappa shape index (κ3) is 2.28. The van der Waals surface area contributed by atoms with Gasteiger partial charge in [-0.3, -0.25) is 9.69 Å². The van der Waals surface area contributed by atoms with Gasteiger partial charge in [-0.2, -0.15) is 0 Å². The molecule has 2 saturated carbocycles. The lowest BCUT2D eigenvalue weighted by Gasteiger charge is -2.34. The number of rotatable bonds is 3. The molecule has 4 nitrogen and oxygen atoms in total. The van der Waals surface area contributed by atoms with E-state index in [0.717, 1.165) is 44.6 Å². The van der Waals surface area contributed by atoms with Crippen molar-refractivity contribution >= 4 is 5.91 Å². The maximum absolute atomic E-state index is 12.4. The van der Waals surface area contributed by atoms with Gasteiger partial charge in [0, 0.05) is 38.6 Å². The predicted octanol–water partition coefficient (Wildman–Crippen LogP) is 0.559. The topological polar surface area (TPSA) is 43.8 Å². The van der Waals surface area contributed by atoms with Crippen LogP contribution in [0.1, 0.15) is 25.7 Å². The lowest BCUT2D eigenvalue weighted by Crippen LogP contribution is -2.50. The molecule has 1 aliphatic heterocycles. The molecule has 18 heavy (non-hydrogen) atoms. The molecule has 3 fully saturated rings. The van der Waals surface area contributed by atoms with Gasteiger partial charge in [-0.1, -0.05) is 12.8 Å². The highest BCUT2D eigenvalue weighted by molar-refractivity contribution is 5.82. The van der Waals surface area contributed by atoms with Gasteiger partial charge in [-0.15, -0.1) is 0 Å². The Labute approximate surface area is 109 Å². The summed E-state index contributed by atoms with van der Waals surface area (Å²) in [4.78, 5) is 16.8. The summed E-state index contributed by atoms with van der Waals surface area (Å²) in [7, 11) is 0. The molecule has 0 aromatic carbocycles. The summed E-state index contributed by atoms with van der Waals surface area (Å²) in [5, 5.41) is 8.91. The molecule has 0 radical (unpaired) electrons. The lowest BCUT2D eigenvalue weighted by atomic mass is 10.0. The molecule has 1 heterocycles. The summed E-state index contributed by atoms with van der Waals surface area (Å²) in [5.41, 5.74) is 0. The van der Waals surface area contributed by atoms with E-state index in [1.54, 1.807) is 0 Å². The first-order valence-corrected chi connectivity index (χ1v) is 7.43. The first kappa shape index (κ1) is 12.4. The molecule has 102 valence electrons. The first-order valence-electron chi connectivity index (χ1n) is 7.43. The molecule has 0 bridgehead atoms. The van der Waals surface area contributed by atoms with Crippen molar-refractivity contribution in [2.75, 3.05) is 39.3 Å². The number of carbonyl (C=O) groups excluding carboxylic acids is 1. The molecule has 0 spiro atoms. The van der Waals surface area contributed by atoms with E-state index in [0.29, 0.717) is 11.8 Å². The van der Waals surface area contributed by atoms with Gasteiger partial charge >= 0.3 is 0 Å². The van der Waals surface area contributed by atoms with E-state index in [1.807, 2.05) is 0 Å². The number of nitrogens with zero attached hydrogens (tertiary/aromatic N) is 2. The van der Waals surface area contributed by atoms with E-state index < -0.39 is 0 Å². The number of hydrogen-bond donors (Lipinski definition) is 1. The van der Waals surface area contributed by atoms with Gasteiger partial charge in [-0.05, 0) is 24.7 Å². The highest BCUT2D eigenvalue weighted by atomic mass is 16.3. The van der Waals surface area contributed by atoms with Gasteiger partial charge in [-0.25, -0.2) is 0 Å². The molecule has 2 unspecified atom stereocenters. The van der Waals surface area contributed by atoms with Crippen LogP contribution in [-0.2, 0) is 4.79 Å². The zero-order chi connectivity index (χ0) is 12.5. The Morgan fingerprint density at radius 3 is 2.22 bits per heavy atom. The maximum atomic E-state index is 12.4. The Bertz CT molecular complexity index is 301. The highest BCUT2D eigenvalue weighted by Gasteiger charge is 2.55. The number of aliphatic hydroxyl groups is 1. The average Bonchev–Trinajstić information content (AvgIpc) is 3.13. The molecule has 1 saturated heterocycles. The van der Waals surface area contributed by atoms with Crippen LogP contribution in [0.2, 0.25) is 0 Å². The standard InChI is InChI=1S/C14H24N2O2/c17-10-9-15-5-7-16(8-6-15)14(18)13-11-3-1-2-4-12(11)13/h11-13,17H,1-10H2. The zero-order valence-corrected chi connectivity index (χ0v) is 11.1. The van der Waals surface area contributed by atoms with E-state index >= 15 is 0 Å². The van der Waals surface area contributed by atoms with Gasteiger partial charge < -0.3 is 10.0 Å². The summed E-state index contributed by atoms with van der Waals surface area (Å²) in [6, 6.07) is 0. The van der Waals surface area contributed by atoms with Gasteiger partial charge in [0.05, 0.1) is 6.61 Å². The van der Waals surface area contributed by atoms with Crippen molar-refractivity contribution in [3.63, 3.8) is 0 Å². The molecule has 3 rings (SSSR count). The van der Waals surface area contributed by atoms with Crippen molar-refractivity contribution in [1.82, 2.24) is 9.80 Å². The van der Waals surface area contributed by atoms with Crippen molar-refractivity contribution in [2.45, 2.75) is 25.7 Å². The minimum atomic E-state index is 0.223. The number of amides is 1. The zero-order valence-electron chi connectivity index (χ0n) is 11.1. The Morgan fingerprint density at radius 2 is 1.67 bits per heavy atom. The van der Waals surface area contributed by atoms with E-state index in [2.05, 4.69) is 9.80 Å². The van der Waals surface area contributed by atoms with E-state index in [9.17, 15) is 4.79 Å². The highest BCUT2D eigenvalue weighted by Crippen LogP contribution is 2.56. The van der Waals surface area contributed by atoms with Crippen LogP contribution < -0.4 is 0 Å². The van der Waals surface area contributed by atoms with Crippen molar-refractivity contribution in [1.29, 1.82) is 0 Å². The number of aliphatic hydroxyl groups excluding tert-OH is 1.